The summed E-state index contributed by atoms with van der Waals surface area (Å²) in [6, 6.07) is 3.35. The molecule has 0 bridgehead atoms. The molecule has 0 radical (unpaired) electrons. The Labute approximate surface area is 87.0 Å². The molecule has 1 fully saturated rings. The van der Waals surface area contributed by atoms with Gasteiger partial charge in [0, 0.05) is 12.2 Å². The molecule has 0 aromatic heterocycles. The molecule has 82 valence electrons. The summed E-state index contributed by atoms with van der Waals surface area (Å²) in [4.78, 5) is 0. The van der Waals surface area contributed by atoms with Gasteiger partial charge in [0.05, 0.1) is 12.1 Å². The summed E-state index contributed by atoms with van der Waals surface area (Å²) >= 11 is 0. The number of rotatable bonds is 1. The van der Waals surface area contributed by atoms with Crippen molar-refractivity contribution < 1.29 is 13.5 Å². The first kappa shape index (κ1) is 10.5. The lowest BCUT2D eigenvalue weighted by molar-refractivity contribution is 0.0351. The Hall–Kier alpha value is -1.00. The largest absolute Gasteiger partial charge is 0.379 e. The van der Waals surface area contributed by atoms with Crippen LogP contribution in [0.4, 0.5) is 8.78 Å². The van der Waals surface area contributed by atoms with E-state index in [4.69, 9.17) is 10.5 Å². The summed E-state index contributed by atoms with van der Waals surface area (Å²) in [7, 11) is 0. The van der Waals surface area contributed by atoms with Gasteiger partial charge in [-0.3, -0.25) is 0 Å². The van der Waals surface area contributed by atoms with E-state index in [0.29, 0.717) is 13.0 Å². The van der Waals surface area contributed by atoms with Gasteiger partial charge in [0.1, 0.15) is 11.6 Å². The summed E-state index contributed by atoms with van der Waals surface area (Å²) in [6.45, 7) is 0.878. The van der Waals surface area contributed by atoms with Crippen molar-refractivity contribution in [1.82, 2.24) is 0 Å². The fourth-order valence-corrected chi connectivity index (χ4v) is 1.91. The maximum atomic E-state index is 13.5. The van der Waals surface area contributed by atoms with Gasteiger partial charge in [-0.05, 0) is 31.0 Å². The molecule has 1 saturated heterocycles. The molecule has 15 heavy (non-hydrogen) atoms. The minimum absolute atomic E-state index is 0.210. The van der Waals surface area contributed by atoms with Crippen LogP contribution in [0, 0.1) is 11.6 Å². The third-order valence-electron chi connectivity index (χ3n) is 2.74. The van der Waals surface area contributed by atoms with Crippen molar-refractivity contribution >= 4 is 0 Å². The van der Waals surface area contributed by atoms with Gasteiger partial charge < -0.3 is 10.5 Å². The van der Waals surface area contributed by atoms with Crippen LogP contribution in [0.5, 0.6) is 0 Å². The summed E-state index contributed by atoms with van der Waals surface area (Å²) in [5.74, 6) is -0.939. The van der Waals surface area contributed by atoms with E-state index < -0.39 is 17.2 Å². The average molecular weight is 213 g/mol. The monoisotopic (exact) mass is 213 g/mol. The molecule has 0 amide bonds. The molecule has 1 aromatic carbocycles. The second-order valence-corrected chi connectivity index (χ2v) is 3.94. The van der Waals surface area contributed by atoms with Crippen LogP contribution in [0.3, 0.4) is 0 Å². The molecular weight excluding hydrogens is 200 g/mol. The molecular formula is C11H13F2NO. The first-order chi connectivity index (χ1) is 7.12. The lowest BCUT2D eigenvalue weighted by Gasteiger charge is -2.33. The molecule has 4 heteroatoms. The Morgan fingerprint density at radius 2 is 2.13 bits per heavy atom. The Kier molecular flexibility index (Phi) is 2.71. The number of halogens is 2. The Morgan fingerprint density at radius 1 is 1.33 bits per heavy atom. The highest BCUT2D eigenvalue weighted by Gasteiger charge is 2.33. The molecule has 2 N–H and O–H groups in total. The predicted octanol–water partition coefficient (Wildman–Crippen LogP) is 1.93. The first-order valence-corrected chi connectivity index (χ1v) is 4.94. The van der Waals surface area contributed by atoms with Gasteiger partial charge in [-0.25, -0.2) is 8.78 Å². The summed E-state index contributed by atoms with van der Waals surface area (Å²) < 4.78 is 31.7. The molecule has 1 aliphatic heterocycles. The van der Waals surface area contributed by atoms with Crippen molar-refractivity contribution in [3.05, 3.63) is 35.4 Å². The number of ether oxygens (including phenoxy) is 1. The third-order valence-corrected chi connectivity index (χ3v) is 2.74. The van der Waals surface area contributed by atoms with Gasteiger partial charge in [-0.15, -0.1) is 0 Å². The zero-order chi connectivity index (χ0) is 10.9. The van der Waals surface area contributed by atoms with Gasteiger partial charge in [0.25, 0.3) is 0 Å². The van der Waals surface area contributed by atoms with Crippen LogP contribution in [0.1, 0.15) is 18.4 Å². The zero-order valence-corrected chi connectivity index (χ0v) is 8.30. The summed E-state index contributed by atoms with van der Waals surface area (Å²) in [6.07, 6.45) is 1.39. The van der Waals surface area contributed by atoms with Crippen LogP contribution in [0.25, 0.3) is 0 Å². The van der Waals surface area contributed by atoms with Crippen LogP contribution < -0.4 is 5.73 Å². The maximum Gasteiger partial charge on any atom is 0.128 e. The van der Waals surface area contributed by atoms with E-state index in [1.165, 1.54) is 0 Å². The second-order valence-electron chi connectivity index (χ2n) is 3.94. The average Bonchev–Trinajstić information content (AvgIpc) is 2.23. The van der Waals surface area contributed by atoms with Crippen LogP contribution >= 0.6 is 0 Å². The molecule has 0 saturated carbocycles. The third kappa shape index (κ3) is 2.01. The maximum absolute atomic E-state index is 13.5. The first-order valence-electron chi connectivity index (χ1n) is 4.94. The van der Waals surface area contributed by atoms with E-state index in [1.54, 1.807) is 0 Å². The van der Waals surface area contributed by atoms with Crippen molar-refractivity contribution in [3.8, 4) is 0 Å². The molecule has 0 aliphatic carbocycles. The van der Waals surface area contributed by atoms with Crippen molar-refractivity contribution in [3.63, 3.8) is 0 Å². The van der Waals surface area contributed by atoms with Crippen LogP contribution in [0.15, 0.2) is 18.2 Å². The van der Waals surface area contributed by atoms with Gasteiger partial charge in [-0.1, -0.05) is 0 Å². The van der Waals surface area contributed by atoms with Crippen LogP contribution in [0.2, 0.25) is 0 Å². The van der Waals surface area contributed by atoms with E-state index >= 15 is 0 Å². The van der Waals surface area contributed by atoms with Crippen LogP contribution in [-0.2, 0) is 10.3 Å². The van der Waals surface area contributed by atoms with E-state index in [1.807, 2.05) is 0 Å². The molecule has 0 spiro atoms. The number of nitrogens with two attached hydrogens (primary N) is 1. The fraction of sp³-hybridized carbons (Fsp3) is 0.455. The van der Waals surface area contributed by atoms with Crippen molar-refractivity contribution in [2.24, 2.45) is 5.73 Å². The topological polar surface area (TPSA) is 35.2 Å². The van der Waals surface area contributed by atoms with Crippen LogP contribution in [-0.4, -0.2) is 13.2 Å². The molecule has 1 aromatic rings. The van der Waals surface area contributed by atoms with Crippen molar-refractivity contribution in [1.29, 1.82) is 0 Å². The van der Waals surface area contributed by atoms with E-state index in [9.17, 15) is 8.78 Å². The normalized spacial score (nSPS) is 26.6. The minimum Gasteiger partial charge on any atom is -0.379 e. The minimum atomic E-state index is -0.884. The molecule has 2 nitrogen and oxygen atoms in total. The number of hydrogen-bond donors (Lipinski definition) is 1. The molecule has 2 rings (SSSR count). The molecule has 1 aliphatic rings. The summed E-state index contributed by atoms with van der Waals surface area (Å²) in [5.41, 5.74) is 5.34. The molecule has 1 unspecified atom stereocenters. The van der Waals surface area contributed by atoms with Gasteiger partial charge >= 0.3 is 0 Å². The Morgan fingerprint density at radius 3 is 2.80 bits per heavy atom. The lowest BCUT2D eigenvalue weighted by Crippen LogP contribution is -2.45. The van der Waals surface area contributed by atoms with Crippen molar-refractivity contribution in [2.75, 3.05) is 13.2 Å². The Balaban J connectivity index is 2.38. The highest BCUT2D eigenvalue weighted by molar-refractivity contribution is 5.27. The van der Waals surface area contributed by atoms with Gasteiger partial charge in [0.2, 0.25) is 0 Å². The number of hydrogen-bond acceptors (Lipinski definition) is 2. The zero-order valence-electron chi connectivity index (χ0n) is 8.30. The molecule has 1 atom stereocenters. The van der Waals surface area contributed by atoms with E-state index in [2.05, 4.69) is 0 Å². The standard InChI is InChI=1S/C11H13F2NO/c12-8-2-3-10(13)9(6-8)11(14)4-1-5-15-7-11/h2-3,6H,1,4-5,7,14H2. The SMILES string of the molecule is NC1(c2cc(F)ccc2F)CCCOC1. The predicted molar refractivity (Wildman–Crippen MR) is 52.3 cm³/mol. The van der Waals surface area contributed by atoms with Gasteiger partial charge in [-0.2, -0.15) is 0 Å². The van der Waals surface area contributed by atoms with Gasteiger partial charge in [0.15, 0.2) is 0 Å². The summed E-state index contributed by atoms with van der Waals surface area (Å²) in [5, 5.41) is 0. The highest BCUT2D eigenvalue weighted by Crippen LogP contribution is 2.29. The number of benzene rings is 1. The second kappa shape index (κ2) is 3.87. The highest BCUT2D eigenvalue weighted by atomic mass is 19.1. The smallest absolute Gasteiger partial charge is 0.128 e. The fourth-order valence-electron chi connectivity index (χ4n) is 1.91. The van der Waals surface area contributed by atoms with E-state index in [0.717, 1.165) is 24.6 Å². The quantitative estimate of drug-likeness (QED) is 0.773. The van der Waals surface area contributed by atoms with Crippen molar-refractivity contribution in [2.45, 2.75) is 18.4 Å². The Bertz CT molecular complexity index is 362. The molecule has 1 heterocycles. The lowest BCUT2D eigenvalue weighted by atomic mass is 9.85. The van der Waals surface area contributed by atoms with E-state index in [-0.39, 0.29) is 12.2 Å².